The van der Waals surface area contributed by atoms with E-state index in [2.05, 4.69) is 10.0 Å². The third-order valence-electron chi connectivity index (χ3n) is 5.50. The maximum absolute atomic E-state index is 13.4. The molecule has 0 spiro atoms. The quantitative estimate of drug-likeness (QED) is 0.511. The zero-order valence-corrected chi connectivity index (χ0v) is 20.0. The van der Waals surface area contributed by atoms with Gasteiger partial charge in [0.1, 0.15) is 11.9 Å². The molecule has 7 heteroatoms. The summed E-state index contributed by atoms with van der Waals surface area (Å²) in [4.78, 5) is 13.4. The highest BCUT2D eigenvalue weighted by atomic mass is 32.2. The van der Waals surface area contributed by atoms with Gasteiger partial charge < -0.3 is 5.32 Å². The number of aryl methyl sites for hydroxylation is 3. The van der Waals surface area contributed by atoms with Crippen LogP contribution in [0.2, 0.25) is 0 Å². The third kappa shape index (κ3) is 6.27. The van der Waals surface area contributed by atoms with E-state index in [-0.39, 0.29) is 17.1 Å². The van der Waals surface area contributed by atoms with Crippen molar-refractivity contribution in [2.45, 2.75) is 51.1 Å². The molecule has 5 nitrogen and oxygen atoms in total. The predicted molar refractivity (Wildman–Crippen MR) is 128 cm³/mol. The van der Waals surface area contributed by atoms with Gasteiger partial charge in [-0.3, -0.25) is 4.79 Å². The maximum atomic E-state index is 13.4. The first-order chi connectivity index (χ1) is 15.6. The highest BCUT2D eigenvalue weighted by Crippen LogP contribution is 2.22. The van der Waals surface area contributed by atoms with Crippen LogP contribution in [-0.4, -0.2) is 20.4 Å². The highest BCUT2D eigenvalue weighted by molar-refractivity contribution is 7.89. The first-order valence-electron chi connectivity index (χ1n) is 10.8. The van der Waals surface area contributed by atoms with Crippen LogP contribution in [0.4, 0.5) is 4.39 Å². The Labute approximate surface area is 195 Å². The lowest BCUT2D eigenvalue weighted by molar-refractivity contribution is -0.123. The van der Waals surface area contributed by atoms with Crippen molar-refractivity contribution in [1.29, 1.82) is 0 Å². The summed E-state index contributed by atoms with van der Waals surface area (Å²) in [6.07, 6.45) is 0.187. The molecule has 2 N–H and O–H groups in total. The molecule has 3 rings (SSSR count). The Hall–Kier alpha value is -3.03. The summed E-state index contributed by atoms with van der Waals surface area (Å²) >= 11 is 0. The number of sulfonamides is 1. The van der Waals surface area contributed by atoms with Crippen LogP contribution in [0, 0.1) is 26.6 Å². The van der Waals surface area contributed by atoms with E-state index in [4.69, 9.17) is 0 Å². The van der Waals surface area contributed by atoms with Crippen LogP contribution in [-0.2, 0) is 21.2 Å². The first-order valence-corrected chi connectivity index (χ1v) is 12.2. The molecule has 0 aliphatic heterocycles. The van der Waals surface area contributed by atoms with Gasteiger partial charge in [-0.1, -0.05) is 60.2 Å². The molecule has 0 aromatic heterocycles. The van der Waals surface area contributed by atoms with Crippen molar-refractivity contribution >= 4 is 15.9 Å². The van der Waals surface area contributed by atoms with Crippen molar-refractivity contribution in [3.05, 3.63) is 100 Å². The molecule has 1 amide bonds. The Kier molecular flexibility index (Phi) is 7.66. The number of carbonyl (C=O) groups excluding carboxylic acids is 1. The standard InChI is InChI=1S/C26H29FN2O3S/c1-17-14-18(2)25(19(3)15-17)33(31,32)29-24(16-21-8-6-5-7-9-21)26(30)28-20(4)22-10-12-23(27)13-11-22/h5-15,20,24,29H,16H2,1-4H3,(H,28,30)/t20-,24+/m1/s1. The summed E-state index contributed by atoms with van der Waals surface area (Å²) in [5.74, 6) is -0.822. The molecule has 0 bridgehead atoms. The summed E-state index contributed by atoms with van der Waals surface area (Å²) in [6.45, 7) is 7.18. The van der Waals surface area contributed by atoms with Crippen molar-refractivity contribution in [1.82, 2.24) is 10.0 Å². The second kappa shape index (κ2) is 10.3. The first kappa shape index (κ1) is 24.6. The number of nitrogens with one attached hydrogen (secondary N) is 2. The van der Waals surface area contributed by atoms with Gasteiger partial charge >= 0.3 is 0 Å². The van der Waals surface area contributed by atoms with E-state index in [1.54, 1.807) is 32.9 Å². The van der Waals surface area contributed by atoms with Gasteiger partial charge in [0.15, 0.2) is 0 Å². The molecule has 2 atom stereocenters. The minimum atomic E-state index is -3.97. The lowest BCUT2D eigenvalue weighted by atomic mass is 10.0. The van der Waals surface area contributed by atoms with Gasteiger partial charge in [0.25, 0.3) is 0 Å². The molecular weight excluding hydrogens is 439 g/mol. The van der Waals surface area contributed by atoms with Crippen molar-refractivity contribution in [2.75, 3.05) is 0 Å². The maximum Gasteiger partial charge on any atom is 0.241 e. The van der Waals surface area contributed by atoms with Crippen LogP contribution in [0.25, 0.3) is 0 Å². The number of carbonyl (C=O) groups is 1. The fourth-order valence-electron chi connectivity index (χ4n) is 4.02. The van der Waals surface area contributed by atoms with E-state index in [1.807, 2.05) is 49.4 Å². The molecular formula is C26H29FN2O3S. The Balaban J connectivity index is 1.89. The van der Waals surface area contributed by atoms with E-state index >= 15 is 0 Å². The fourth-order valence-corrected chi connectivity index (χ4v) is 5.67. The van der Waals surface area contributed by atoms with Gasteiger partial charge in [0.05, 0.1) is 10.9 Å². The van der Waals surface area contributed by atoms with Gasteiger partial charge in [0.2, 0.25) is 15.9 Å². The molecule has 3 aromatic carbocycles. The van der Waals surface area contributed by atoms with E-state index in [0.717, 1.165) is 16.7 Å². The predicted octanol–water partition coefficient (Wildman–Crippen LogP) is 4.52. The number of benzene rings is 3. The van der Waals surface area contributed by atoms with Gasteiger partial charge in [0, 0.05) is 0 Å². The SMILES string of the molecule is Cc1cc(C)c(S(=O)(=O)N[C@@H](Cc2ccccc2)C(=O)N[C@H](C)c2ccc(F)cc2)c(C)c1. The zero-order valence-electron chi connectivity index (χ0n) is 19.2. The lowest BCUT2D eigenvalue weighted by Crippen LogP contribution is -2.48. The Morgan fingerprint density at radius 1 is 0.939 bits per heavy atom. The van der Waals surface area contributed by atoms with Crippen molar-refractivity contribution < 1.29 is 17.6 Å². The molecule has 0 radical (unpaired) electrons. The largest absolute Gasteiger partial charge is 0.348 e. The van der Waals surface area contributed by atoms with Crippen LogP contribution in [0.1, 0.15) is 40.8 Å². The minimum Gasteiger partial charge on any atom is -0.348 e. The Bertz CT molecular complexity index is 1200. The topological polar surface area (TPSA) is 75.3 Å². The number of hydrogen-bond donors (Lipinski definition) is 2. The normalized spacial score (nSPS) is 13.4. The number of halogens is 1. The van der Waals surface area contributed by atoms with Crippen molar-refractivity contribution in [3.63, 3.8) is 0 Å². The third-order valence-corrected chi connectivity index (χ3v) is 7.27. The van der Waals surface area contributed by atoms with Crippen LogP contribution in [0.5, 0.6) is 0 Å². The molecule has 0 aliphatic rings. The average molecular weight is 469 g/mol. The van der Waals surface area contributed by atoms with Crippen LogP contribution < -0.4 is 10.0 Å². The Morgan fingerprint density at radius 3 is 2.09 bits per heavy atom. The second-order valence-electron chi connectivity index (χ2n) is 8.37. The van der Waals surface area contributed by atoms with Crippen molar-refractivity contribution in [2.24, 2.45) is 0 Å². The van der Waals surface area contributed by atoms with Crippen molar-refractivity contribution in [3.8, 4) is 0 Å². The molecule has 174 valence electrons. The summed E-state index contributed by atoms with van der Waals surface area (Å²) in [5.41, 5.74) is 3.76. The smallest absolute Gasteiger partial charge is 0.241 e. The average Bonchev–Trinajstić information content (AvgIpc) is 2.73. The van der Waals surface area contributed by atoms with E-state index < -0.39 is 28.0 Å². The minimum absolute atomic E-state index is 0.186. The van der Waals surface area contributed by atoms with Gasteiger partial charge in [-0.25, -0.2) is 12.8 Å². The fraction of sp³-hybridized carbons (Fsp3) is 0.269. The summed E-state index contributed by atoms with van der Waals surface area (Å²) < 4.78 is 42.6. The molecule has 0 aliphatic carbocycles. The second-order valence-corrected chi connectivity index (χ2v) is 10.0. The molecule has 0 heterocycles. The summed E-state index contributed by atoms with van der Waals surface area (Å²) in [5, 5.41) is 2.86. The molecule has 33 heavy (non-hydrogen) atoms. The lowest BCUT2D eigenvalue weighted by Gasteiger charge is -2.23. The van der Waals surface area contributed by atoms with Crippen LogP contribution in [0.15, 0.2) is 71.6 Å². The Morgan fingerprint density at radius 2 is 1.52 bits per heavy atom. The van der Waals surface area contributed by atoms with Crippen LogP contribution in [0.3, 0.4) is 0 Å². The van der Waals surface area contributed by atoms with Gasteiger partial charge in [-0.15, -0.1) is 0 Å². The molecule has 0 unspecified atom stereocenters. The zero-order chi connectivity index (χ0) is 24.2. The summed E-state index contributed by atoms with van der Waals surface area (Å²) in [7, 11) is -3.97. The highest BCUT2D eigenvalue weighted by Gasteiger charge is 2.29. The summed E-state index contributed by atoms with van der Waals surface area (Å²) in [6, 6.07) is 17.2. The monoisotopic (exact) mass is 468 g/mol. The molecule has 3 aromatic rings. The van der Waals surface area contributed by atoms with E-state index in [9.17, 15) is 17.6 Å². The van der Waals surface area contributed by atoms with E-state index in [1.165, 1.54) is 12.1 Å². The van der Waals surface area contributed by atoms with Crippen LogP contribution >= 0.6 is 0 Å². The molecule has 0 saturated heterocycles. The molecule has 0 fully saturated rings. The van der Waals surface area contributed by atoms with Gasteiger partial charge in [-0.05, 0) is 68.5 Å². The van der Waals surface area contributed by atoms with Gasteiger partial charge in [-0.2, -0.15) is 4.72 Å². The number of amides is 1. The number of rotatable bonds is 8. The number of hydrogen-bond acceptors (Lipinski definition) is 3. The molecule has 0 saturated carbocycles. The van der Waals surface area contributed by atoms with E-state index in [0.29, 0.717) is 11.1 Å².